The molecule has 0 bridgehead atoms. The van der Waals surface area contributed by atoms with Crippen molar-refractivity contribution in [2.75, 3.05) is 18.5 Å². The van der Waals surface area contributed by atoms with E-state index >= 15 is 0 Å². The lowest BCUT2D eigenvalue weighted by Crippen LogP contribution is -2.48. The largest absolute Gasteiger partial charge is 0.490 e. The second-order valence-corrected chi connectivity index (χ2v) is 8.53. The van der Waals surface area contributed by atoms with Crippen molar-refractivity contribution in [1.82, 2.24) is 16.2 Å². The van der Waals surface area contributed by atoms with Crippen molar-refractivity contribution in [3.8, 4) is 11.5 Å². The molecule has 0 aliphatic carbocycles. The summed E-state index contributed by atoms with van der Waals surface area (Å²) >= 11 is 5.10. The van der Waals surface area contributed by atoms with Crippen molar-refractivity contribution < 1.29 is 23.9 Å². The smallest absolute Gasteiger partial charge is 0.269 e. The summed E-state index contributed by atoms with van der Waals surface area (Å²) in [5.74, 6) is 0.0468. The van der Waals surface area contributed by atoms with Gasteiger partial charge < -0.3 is 14.8 Å². The van der Waals surface area contributed by atoms with Crippen LogP contribution in [0.15, 0.2) is 78.9 Å². The van der Waals surface area contributed by atoms with Crippen LogP contribution in [0.4, 0.5) is 5.69 Å². The van der Waals surface area contributed by atoms with Crippen molar-refractivity contribution in [2.24, 2.45) is 5.92 Å². The molecule has 0 heterocycles. The van der Waals surface area contributed by atoms with Crippen molar-refractivity contribution >= 4 is 40.7 Å². The van der Waals surface area contributed by atoms with Gasteiger partial charge in [-0.3, -0.25) is 30.6 Å². The van der Waals surface area contributed by atoms with Gasteiger partial charge in [-0.1, -0.05) is 38.1 Å². The lowest BCUT2D eigenvalue weighted by molar-refractivity contribution is -0.118. The fourth-order valence-corrected chi connectivity index (χ4v) is 3.09. The number of carbonyl (C=O) groups excluding carboxylic acids is 3. The van der Waals surface area contributed by atoms with Crippen molar-refractivity contribution in [3.05, 3.63) is 90.0 Å². The highest BCUT2D eigenvalue weighted by atomic mass is 32.1. The van der Waals surface area contributed by atoms with Crippen LogP contribution in [0, 0.1) is 5.92 Å². The lowest BCUT2D eigenvalue weighted by Gasteiger charge is -2.12. The summed E-state index contributed by atoms with van der Waals surface area (Å²) < 4.78 is 11.2. The Morgan fingerprint density at radius 3 is 2.08 bits per heavy atom. The topological polar surface area (TPSA) is 118 Å². The number of carbonyl (C=O) groups is 3. The Kier molecular flexibility index (Phi) is 9.98. The number of ether oxygens (including phenoxy) is 2. The zero-order chi connectivity index (χ0) is 26.6. The van der Waals surface area contributed by atoms with Gasteiger partial charge in [-0.25, -0.2) is 0 Å². The van der Waals surface area contributed by atoms with Gasteiger partial charge in [0.2, 0.25) is 5.91 Å². The quantitative estimate of drug-likeness (QED) is 0.193. The Bertz CT molecular complexity index is 1230. The highest BCUT2D eigenvalue weighted by molar-refractivity contribution is 7.80. The Balaban J connectivity index is 1.42. The van der Waals surface area contributed by atoms with Gasteiger partial charge in [-0.15, -0.1) is 0 Å². The molecule has 0 radical (unpaired) electrons. The highest BCUT2D eigenvalue weighted by Crippen LogP contribution is 2.14. The Morgan fingerprint density at radius 1 is 0.757 bits per heavy atom. The van der Waals surface area contributed by atoms with Crippen LogP contribution in [0.2, 0.25) is 0 Å². The van der Waals surface area contributed by atoms with Crippen LogP contribution in [0.5, 0.6) is 11.5 Å². The molecule has 37 heavy (non-hydrogen) atoms. The molecule has 3 rings (SSSR count). The third-order valence-electron chi connectivity index (χ3n) is 4.92. The molecule has 3 aromatic carbocycles. The molecule has 192 valence electrons. The predicted octanol–water partition coefficient (Wildman–Crippen LogP) is 3.69. The van der Waals surface area contributed by atoms with E-state index in [0.29, 0.717) is 35.8 Å². The standard InChI is InChI=1S/C27H28N4O5S/c1-18(2)24(32)28-21-13-11-19(12-14-21)26(34)30-31-27(37)29-25(33)20-7-6-10-23(17-20)36-16-15-35-22-8-4-3-5-9-22/h3-14,17-18H,15-16H2,1-2H3,(H,28,32)(H,30,34)(H2,29,31,33,37). The van der Waals surface area contributed by atoms with Crippen LogP contribution in [0.3, 0.4) is 0 Å². The third kappa shape index (κ3) is 8.93. The normalized spacial score (nSPS) is 10.2. The van der Waals surface area contributed by atoms with Crippen LogP contribution in [-0.4, -0.2) is 36.0 Å². The lowest BCUT2D eigenvalue weighted by atomic mass is 10.1. The van der Waals surface area contributed by atoms with Crippen LogP contribution in [-0.2, 0) is 4.79 Å². The summed E-state index contributed by atoms with van der Waals surface area (Å²) in [6, 6.07) is 22.4. The fourth-order valence-electron chi connectivity index (χ4n) is 2.95. The van der Waals surface area contributed by atoms with Gasteiger partial charge in [0.1, 0.15) is 24.7 Å². The van der Waals surface area contributed by atoms with Gasteiger partial charge in [-0.05, 0) is 66.8 Å². The summed E-state index contributed by atoms with van der Waals surface area (Å²) in [7, 11) is 0. The van der Waals surface area contributed by atoms with Crippen molar-refractivity contribution in [1.29, 1.82) is 0 Å². The summed E-state index contributed by atoms with van der Waals surface area (Å²) in [5.41, 5.74) is 6.17. The summed E-state index contributed by atoms with van der Waals surface area (Å²) in [6.07, 6.45) is 0. The monoisotopic (exact) mass is 520 g/mol. The van der Waals surface area contributed by atoms with Gasteiger partial charge in [0.05, 0.1) is 0 Å². The molecule has 3 aromatic rings. The molecular formula is C27H28N4O5S. The minimum Gasteiger partial charge on any atom is -0.490 e. The second kappa shape index (κ2) is 13.6. The molecule has 0 fully saturated rings. The van der Waals surface area contributed by atoms with E-state index in [1.807, 2.05) is 30.3 Å². The Labute approximate surface area is 220 Å². The first-order chi connectivity index (χ1) is 17.8. The number of para-hydroxylation sites is 1. The molecular weight excluding hydrogens is 492 g/mol. The molecule has 0 unspecified atom stereocenters. The van der Waals surface area contributed by atoms with E-state index in [4.69, 9.17) is 21.7 Å². The van der Waals surface area contributed by atoms with Crippen LogP contribution in [0.25, 0.3) is 0 Å². The van der Waals surface area contributed by atoms with Crippen molar-refractivity contribution in [2.45, 2.75) is 13.8 Å². The van der Waals surface area contributed by atoms with E-state index in [2.05, 4.69) is 21.5 Å². The Hall–Kier alpha value is -4.44. The highest BCUT2D eigenvalue weighted by Gasteiger charge is 2.12. The average Bonchev–Trinajstić information content (AvgIpc) is 2.91. The molecule has 0 aliphatic rings. The average molecular weight is 521 g/mol. The molecule has 0 spiro atoms. The molecule has 0 aliphatic heterocycles. The van der Waals surface area contributed by atoms with Crippen LogP contribution < -0.4 is 31.0 Å². The second-order valence-electron chi connectivity index (χ2n) is 8.12. The molecule has 3 amide bonds. The Morgan fingerprint density at radius 2 is 1.41 bits per heavy atom. The van der Waals surface area contributed by atoms with Crippen molar-refractivity contribution in [3.63, 3.8) is 0 Å². The number of hydrogen-bond donors (Lipinski definition) is 4. The molecule has 10 heteroatoms. The van der Waals surface area contributed by atoms with Crippen LogP contribution >= 0.6 is 12.2 Å². The van der Waals surface area contributed by atoms with Crippen LogP contribution in [0.1, 0.15) is 34.6 Å². The third-order valence-corrected chi connectivity index (χ3v) is 5.12. The predicted molar refractivity (Wildman–Crippen MR) is 144 cm³/mol. The number of rotatable bonds is 9. The SMILES string of the molecule is CC(C)C(=O)Nc1ccc(C(=O)NNC(=S)NC(=O)c2cccc(OCCOc3ccccc3)c2)cc1. The minimum atomic E-state index is -0.469. The zero-order valence-electron chi connectivity index (χ0n) is 20.4. The first-order valence-corrected chi connectivity index (χ1v) is 12.0. The molecule has 0 aromatic heterocycles. The fraction of sp³-hybridized carbons (Fsp3) is 0.185. The molecule has 9 nitrogen and oxygen atoms in total. The van der Waals surface area contributed by atoms with Gasteiger partial charge in [0.25, 0.3) is 11.8 Å². The van der Waals surface area contributed by atoms with E-state index in [1.165, 1.54) is 0 Å². The molecule has 0 saturated carbocycles. The number of thiocarbonyl (C=S) groups is 1. The number of anilines is 1. The van der Waals surface area contributed by atoms with E-state index in [-0.39, 0.29) is 16.9 Å². The van der Waals surface area contributed by atoms with Gasteiger partial charge in [-0.2, -0.15) is 0 Å². The maximum Gasteiger partial charge on any atom is 0.269 e. The van der Waals surface area contributed by atoms with Gasteiger partial charge in [0.15, 0.2) is 5.11 Å². The zero-order valence-corrected chi connectivity index (χ0v) is 21.3. The van der Waals surface area contributed by atoms with E-state index in [1.54, 1.807) is 62.4 Å². The number of benzene rings is 3. The maximum absolute atomic E-state index is 12.5. The number of hydrogen-bond acceptors (Lipinski definition) is 6. The van der Waals surface area contributed by atoms with E-state index in [0.717, 1.165) is 5.75 Å². The summed E-state index contributed by atoms with van der Waals surface area (Å²) in [5, 5.41) is 5.17. The minimum absolute atomic E-state index is 0.0817. The van der Waals surface area contributed by atoms with Gasteiger partial charge >= 0.3 is 0 Å². The molecule has 0 saturated heterocycles. The first kappa shape index (κ1) is 27.2. The summed E-state index contributed by atoms with van der Waals surface area (Å²) in [6.45, 7) is 4.23. The molecule has 0 atom stereocenters. The number of amides is 3. The molecule has 4 N–H and O–H groups in total. The number of hydrazine groups is 1. The first-order valence-electron chi connectivity index (χ1n) is 11.5. The van der Waals surface area contributed by atoms with E-state index < -0.39 is 11.8 Å². The van der Waals surface area contributed by atoms with Gasteiger partial charge in [0, 0.05) is 22.7 Å². The summed E-state index contributed by atoms with van der Waals surface area (Å²) in [4.78, 5) is 36.7. The number of nitrogens with one attached hydrogen (secondary N) is 4. The van der Waals surface area contributed by atoms with E-state index in [9.17, 15) is 14.4 Å². The maximum atomic E-state index is 12.5.